The molecule has 0 heteroatoms. The second kappa shape index (κ2) is 33.9. The van der Waals surface area contributed by atoms with Crippen molar-refractivity contribution in [3.05, 3.63) is 60.8 Å². The van der Waals surface area contributed by atoms with E-state index in [1.807, 2.05) is 0 Å². The van der Waals surface area contributed by atoms with Crippen molar-refractivity contribution < 1.29 is 0 Å². The van der Waals surface area contributed by atoms with Crippen molar-refractivity contribution in [1.29, 1.82) is 0 Å². The Kier molecular flexibility index (Phi) is 31.1. The summed E-state index contributed by atoms with van der Waals surface area (Å²) in [5.41, 5.74) is 0. The summed E-state index contributed by atoms with van der Waals surface area (Å²) in [5, 5.41) is 0. The minimum atomic E-state index is 1.22. The molecule has 1 rings (SSSR count). The third kappa shape index (κ3) is 31.2. The molecule has 0 unspecified atom stereocenters. The molecule has 0 aromatic carbocycles. The van der Waals surface area contributed by atoms with Gasteiger partial charge in [0.05, 0.1) is 0 Å². The molecule has 0 saturated carbocycles. The predicted octanol–water partition coefficient (Wildman–Crippen LogP) is 14.5. The van der Waals surface area contributed by atoms with E-state index in [2.05, 4.69) is 60.8 Å². The van der Waals surface area contributed by atoms with Gasteiger partial charge < -0.3 is 0 Å². The van der Waals surface area contributed by atoms with Gasteiger partial charge in [0.25, 0.3) is 0 Å². The van der Waals surface area contributed by atoms with E-state index in [1.165, 1.54) is 193 Å². The molecule has 0 aromatic heterocycles. The van der Waals surface area contributed by atoms with Gasteiger partial charge in [-0.15, -0.1) is 0 Å². The highest BCUT2D eigenvalue weighted by Crippen LogP contribution is 2.16. The van der Waals surface area contributed by atoms with Crippen LogP contribution in [0.5, 0.6) is 0 Å². The molecule has 0 aromatic rings. The molecule has 0 N–H and O–H groups in total. The third-order valence-electron chi connectivity index (χ3n) is 8.54. The van der Waals surface area contributed by atoms with Crippen LogP contribution in [0.25, 0.3) is 0 Å². The number of rotatable bonds is 0. The molecule has 0 radical (unpaired) electrons. The van der Waals surface area contributed by atoms with E-state index in [1.54, 1.807) is 0 Å². The second-order valence-corrected chi connectivity index (χ2v) is 12.5. The lowest BCUT2D eigenvalue weighted by Crippen LogP contribution is -1.85. The van der Waals surface area contributed by atoms with E-state index in [-0.39, 0.29) is 0 Å². The van der Waals surface area contributed by atoms with Gasteiger partial charge in [-0.05, 0) is 25.7 Å². The van der Waals surface area contributed by atoms with Crippen molar-refractivity contribution in [1.82, 2.24) is 0 Å². The lowest BCUT2D eigenvalue weighted by Gasteiger charge is -2.04. The first kappa shape index (κ1) is 36.7. The summed E-state index contributed by atoms with van der Waals surface area (Å²) in [7, 11) is 0. The summed E-state index contributed by atoms with van der Waals surface area (Å²) in [5.74, 6) is 0. The summed E-state index contributed by atoms with van der Waals surface area (Å²) >= 11 is 0. The zero-order valence-electron chi connectivity index (χ0n) is 27.0. The average molecular weight is 551 g/mol. The maximum Gasteiger partial charge on any atom is -0.0348 e. The Hall–Kier alpha value is -1.30. The summed E-state index contributed by atoms with van der Waals surface area (Å²) in [6.07, 6.45) is 65.0. The molecular formula is C40H70. The molecule has 0 nitrogen and oxygen atoms in total. The van der Waals surface area contributed by atoms with Crippen LogP contribution < -0.4 is 0 Å². The smallest absolute Gasteiger partial charge is 0.0348 e. The normalized spacial score (nSPS) is 26.0. The maximum atomic E-state index is 2.32. The molecule has 0 bridgehead atoms. The van der Waals surface area contributed by atoms with Crippen LogP contribution in [0.1, 0.15) is 193 Å². The Morgan fingerprint density at radius 3 is 0.500 bits per heavy atom. The van der Waals surface area contributed by atoms with Gasteiger partial charge in [-0.1, -0.05) is 228 Å². The Balaban J connectivity index is 2.14. The van der Waals surface area contributed by atoms with Gasteiger partial charge in [0, 0.05) is 0 Å². The van der Waals surface area contributed by atoms with Crippen LogP contribution in [0.4, 0.5) is 0 Å². The minimum Gasteiger partial charge on any atom is -0.0845 e. The van der Waals surface area contributed by atoms with Crippen LogP contribution in [0, 0.1) is 0 Å². The number of hydrogen-bond acceptors (Lipinski definition) is 0. The Labute approximate surface area is 253 Å². The molecule has 40 heavy (non-hydrogen) atoms. The van der Waals surface area contributed by atoms with Gasteiger partial charge in [-0.2, -0.15) is 0 Å². The first-order chi connectivity index (χ1) is 20.0. The largest absolute Gasteiger partial charge is 0.0845 e. The van der Waals surface area contributed by atoms with Crippen molar-refractivity contribution >= 4 is 0 Å². The fourth-order valence-electron chi connectivity index (χ4n) is 5.86. The van der Waals surface area contributed by atoms with E-state index in [9.17, 15) is 0 Å². The van der Waals surface area contributed by atoms with Crippen molar-refractivity contribution in [3.8, 4) is 0 Å². The second-order valence-electron chi connectivity index (χ2n) is 12.5. The molecule has 0 amide bonds. The molecule has 0 heterocycles. The topological polar surface area (TPSA) is 0 Å². The van der Waals surface area contributed by atoms with Crippen molar-refractivity contribution in [2.75, 3.05) is 0 Å². The van der Waals surface area contributed by atoms with Crippen molar-refractivity contribution in [3.63, 3.8) is 0 Å². The highest BCUT2D eigenvalue weighted by molar-refractivity contribution is 5.17. The first-order valence-corrected chi connectivity index (χ1v) is 18.3. The van der Waals surface area contributed by atoms with Crippen LogP contribution in [-0.2, 0) is 0 Å². The van der Waals surface area contributed by atoms with Crippen LogP contribution in [0.15, 0.2) is 60.8 Å². The summed E-state index contributed by atoms with van der Waals surface area (Å²) in [6.45, 7) is 0. The van der Waals surface area contributed by atoms with Gasteiger partial charge in [-0.3, -0.25) is 0 Å². The van der Waals surface area contributed by atoms with E-state index in [4.69, 9.17) is 0 Å². The lowest BCUT2D eigenvalue weighted by molar-refractivity contribution is 0.514. The zero-order valence-corrected chi connectivity index (χ0v) is 27.0. The van der Waals surface area contributed by atoms with Crippen LogP contribution >= 0.6 is 0 Å². The van der Waals surface area contributed by atoms with Gasteiger partial charge in [-0.25, -0.2) is 0 Å². The van der Waals surface area contributed by atoms with Crippen LogP contribution in [-0.4, -0.2) is 0 Å². The molecular weight excluding hydrogens is 480 g/mol. The molecule has 1 aliphatic rings. The number of allylic oxidation sites excluding steroid dienone is 10. The highest BCUT2D eigenvalue weighted by atomic mass is 14.0. The maximum absolute atomic E-state index is 2.32. The standard InChI is InChI=1S/C40H70/c1-2-4-6-8-10-12-14-16-18-20-22-24-26-28-30-32-34-36-38-40-39-37-35-33-31-29-27-25-23-21-19-17-15-13-11-9-7-5-3-1/h1-10H,11-40H2/b2-1-,5-3-,6-4+,9-7-,10-8-. The third-order valence-corrected chi connectivity index (χ3v) is 8.54. The summed E-state index contributed by atoms with van der Waals surface area (Å²) < 4.78 is 0. The molecule has 0 spiro atoms. The molecule has 0 atom stereocenters. The van der Waals surface area contributed by atoms with Gasteiger partial charge in [0.2, 0.25) is 0 Å². The number of hydrogen-bond donors (Lipinski definition) is 0. The van der Waals surface area contributed by atoms with Gasteiger partial charge >= 0.3 is 0 Å². The molecule has 1 aliphatic carbocycles. The van der Waals surface area contributed by atoms with Crippen molar-refractivity contribution in [2.24, 2.45) is 0 Å². The molecule has 230 valence electrons. The highest BCUT2D eigenvalue weighted by Gasteiger charge is 1.97. The summed E-state index contributed by atoms with van der Waals surface area (Å²) in [4.78, 5) is 0. The Morgan fingerprint density at radius 2 is 0.300 bits per heavy atom. The van der Waals surface area contributed by atoms with Crippen molar-refractivity contribution in [2.45, 2.75) is 193 Å². The minimum absolute atomic E-state index is 1.22. The van der Waals surface area contributed by atoms with E-state index in [0.717, 1.165) is 0 Å². The zero-order chi connectivity index (χ0) is 28.3. The molecule has 0 aliphatic heterocycles. The van der Waals surface area contributed by atoms with Crippen LogP contribution in [0.3, 0.4) is 0 Å². The lowest BCUT2D eigenvalue weighted by atomic mass is 10.0. The monoisotopic (exact) mass is 551 g/mol. The van der Waals surface area contributed by atoms with E-state index < -0.39 is 0 Å². The van der Waals surface area contributed by atoms with E-state index in [0.29, 0.717) is 0 Å². The van der Waals surface area contributed by atoms with Crippen LogP contribution in [0.2, 0.25) is 0 Å². The molecule has 0 saturated heterocycles. The first-order valence-electron chi connectivity index (χ1n) is 18.3. The summed E-state index contributed by atoms with van der Waals surface area (Å²) in [6, 6.07) is 0. The fourth-order valence-corrected chi connectivity index (χ4v) is 5.86. The predicted molar refractivity (Wildman–Crippen MR) is 184 cm³/mol. The quantitative estimate of drug-likeness (QED) is 0.281. The Morgan fingerprint density at radius 1 is 0.150 bits per heavy atom. The average Bonchev–Trinajstić information content (AvgIpc) is 2.97. The fraction of sp³-hybridized carbons (Fsp3) is 0.750. The van der Waals surface area contributed by atoms with Gasteiger partial charge in [0.15, 0.2) is 0 Å². The molecule has 0 fully saturated rings. The SMILES string of the molecule is C1=C\C=C/CCCCCCCCCCCCCCCCCCCCCCCCCCCCCC/C=C\C=C\C=C/1. The van der Waals surface area contributed by atoms with E-state index >= 15 is 0 Å². The Bertz CT molecular complexity index is 562. The van der Waals surface area contributed by atoms with Gasteiger partial charge in [0.1, 0.15) is 0 Å².